The molecule has 0 amide bonds. The van der Waals surface area contributed by atoms with Crippen LogP contribution in [-0.4, -0.2) is 9.55 Å². The molecular formula is C17H16N3+. The zero-order valence-electron chi connectivity index (χ0n) is 11.7. The molecule has 2 aromatic heterocycles. The van der Waals surface area contributed by atoms with Gasteiger partial charge in [0, 0.05) is 36.0 Å². The van der Waals surface area contributed by atoms with Gasteiger partial charge in [0.1, 0.15) is 12.9 Å². The second kappa shape index (κ2) is 4.04. The molecule has 0 atom stereocenters. The molecule has 1 aromatic carbocycles. The van der Waals surface area contributed by atoms with Crippen molar-refractivity contribution < 1.29 is 4.57 Å². The minimum atomic E-state index is 0.921. The number of fused-ring (bicyclic) bond motifs is 3. The van der Waals surface area contributed by atoms with Crippen LogP contribution in [0, 0.1) is 6.92 Å². The van der Waals surface area contributed by atoms with Crippen LogP contribution in [0.15, 0.2) is 48.9 Å². The van der Waals surface area contributed by atoms with E-state index in [4.69, 9.17) is 0 Å². The number of aryl methyl sites for hydroxylation is 2. The van der Waals surface area contributed by atoms with Gasteiger partial charge in [-0.3, -0.25) is 0 Å². The average Bonchev–Trinajstić information content (AvgIpc) is 2.99. The molecule has 0 fully saturated rings. The number of imidazole rings is 1. The lowest BCUT2D eigenvalue weighted by molar-refractivity contribution is -0.660. The van der Waals surface area contributed by atoms with Gasteiger partial charge >= 0.3 is 0 Å². The van der Waals surface area contributed by atoms with E-state index in [-0.39, 0.29) is 0 Å². The molecule has 0 radical (unpaired) electrons. The third kappa shape index (κ3) is 1.53. The van der Waals surface area contributed by atoms with E-state index in [2.05, 4.69) is 64.6 Å². The van der Waals surface area contributed by atoms with E-state index in [1.807, 2.05) is 12.4 Å². The van der Waals surface area contributed by atoms with Crippen LogP contribution in [0.3, 0.4) is 0 Å². The molecule has 0 bridgehead atoms. The van der Waals surface area contributed by atoms with E-state index in [0.717, 1.165) is 12.2 Å². The third-order valence-corrected chi connectivity index (χ3v) is 4.08. The highest BCUT2D eigenvalue weighted by Crippen LogP contribution is 2.29. The molecule has 3 heteroatoms. The Hall–Kier alpha value is -2.42. The molecule has 0 aliphatic carbocycles. The summed E-state index contributed by atoms with van der Waals surface area (Å²) in [6, 6.07) is 10.8. The zero-order valence-corrected chi connectivity index (χ0v) is 11.7. The zero-order chi connectivity index (χ0) is 13.7. The predicted molar refractivity (Wildman–Crippen MR) is 77.7 cm³/mol. The second-order valence-corrected chi connectivity index (χ2v) is 5.39. The minimum absolute atomic E-state index is 0.921. The molecule has 3 aromatic rings. The lowest BCUT2D eigenvalue weighted by Gasteiger charge is -2.07. The molecule has 1 aliphatic heterocycles. The fourth-order valence-electron chi connectivity index (χ4n) is 3.04. The lowest BCUT2D eigenvalue weighted by atomic mass is 10.0. The van der Waals surface area contributed by atoms with Crippen LogP contribution >= 0.6 is 0 Å². The summed E-state index contributed by atoms with van der Waals surface area (Å²) in [5.41, 5.74) is 6.42. The van der Waals surface area contributed by atoms with Gasteiger partial charge in [-0.15, -0.1) is 0 Å². The van der Waals surface area contributed by atoms with E-state index in [9.17, 15) is 0 Å². The van der Waals surface area contributed by atoms with Crippen LogP contribution in [0.4, 0.5) is 0 Å². The van der Waals surface area contributed by atoms with Crippen LogP contribution in [0.25, 0.3) is 16.9 Å². The number of hydrogen-bond donors (Lipinski definition) is 0. The predicted octanol–water partition coefficient (Wildman–Crippen LogP) is 2.58. The van der Waals surface area contributed by atoms with E-state index < -0.39 is 0 Å². The Balaban J connectivity index is 1.96. The first kappa shape index (κ1) is 11.4. The highest BCUT2D eigenvalue weighted by atomic mass is 15.1. The van der Waals surface area contributed by atoms with Crippen LogP contribution in [0.2, 0.25) is 0 Å². The Kier molecular flexibility index (Phi) is 2.30. The molecule has 0 spiro atoms. The topological polar surface area (TPSA) is 21.7 Å². The minimum Gasteiger partial charge on any atom is -0.303 e. The monoisotopic (exact) mass is 262 g/mol. The van der Waals surface area contributed by atoms with E-state index >= 15 is 0 Å². The average molecular weight is 262 g/mol. The number of hydrogen-bond acceptors (Lipinski definition) is 1. The summed E-state index contributed by atoms with van der Waals surface area (Å²) in [4.78, 5) is 4.41. The number of benzene rings is 1. The summed E-state index contributed by atoms with van der Waals surface area (Å²) in [7, 11) is 2.11. The molecule has 4 rings (SSSR count). The number of rotatable bonds is 1. The lowest BCUT2D eigenvalue weighted by Crippen LogP contribution is -2.31. The van der Waals surface area contributed by atoms with Crippen molar-refractivity contribution in [3.63, 3.8) is 0 Å². The first-order valence-corrected chi connectivity index (χ1v) is 6.85. The fraction of sp³-hybridized carbons (Fsp3) is 0.176. The number of nitrogens with zero attached hydrogens (tertiary/aromatic N) is 3. The van der Waals surface area contributed by atoms with Gasteiger partial charge < -0.3 is 4.57 Å². The van der Waals surface area contributed by atoms with E-state index in [1.54, 1.807) is 0 Å². The molecule has 98 valence electrons. The van der Waals surface area contributed by atoms with Crippen molar-refractivity contribution in [3.8, 4) is 16.9 Å². The van der Waals surface area contributed by atoms with Crippen LogP contribution in [0.1, 0.15) is 17.0 Å². The molecule has 3 nitrogen and oxygen atoms in total. The van der Waals surface area contributed by atoms with Crippen LogP contribution in [0.5, 0.6) is 0 Å². The van der Waals surface area contributed by atoms with Gasteiger partial charge in [-0.25, -0.2) is 9.55 Å². The summed E-state index contributed by atoms with van der Waals surface area (Å²) in [6.07, 6.45) is 7.07. The van der Waals surface area contributed by atoms with Gasteiger partial charge in [0.25, 0.3) is 0 Å². The van der Waals surface area contributed by atoms with Gasteiger partial charge in [0.05, 0.1) is 5.69 Å². The summed E-state index contributed by atoms with van der Waals surface area (Å²) in [5, 5.41) is 0. The SMILES string of the molecule is Cc1ccccc1-c1cc2c(c[n+]1C)Cc1nccn1-2. The molecule has 0 saturated carbocycles. The summed E-state index contributed by atoms with van der Waals surface area (Å²) in [5.74, 6) is 1.13. The number of pyridine rings is 1. The van der Waals surface area contributed by atoms with Crippen LogP contribution in [-0.2, 0) is 13.5 Å². The maximum Gasteiger partial charge on any atom is 0.214 e. The largest absolute Gasteiger partial charge is 0.303 e. The Morgan fingerprint density at radius 1 is 1.25 bits per heavy atom. The van der Waals surface area contributed by atoms with E-state index in [1.165, 1.54) is 28.1 Å². The molecule has 0 unspecified atom stereocenters. The molecule has 1 aliphatic rings. The van der Waals surface area contributed by atoms with Crippen molar-refractivity contribution in [1.29, 1.82) is 0 Å². The molecule has 20 heavy (non-hydrogen) atoms. The fourth-order valence-corrected chi connectivity index (χ4v) is 3.04. The Labute approximate surface area is 118 Å². The Morgan fingerprint density at radius 2 is 2.10 bits per heavy atom. The highest BCUT2D eigenvalue weighted by Gasteiger charge is 2.24. The standard InChI is InChI=1S/C17H16N3/c1-12-5-3-4-6-14(12)16-10-15-13(11-19(16)2)9-17-18-7-8-20(15)17/h3-8,10-11H,9H2,1-2H3/q+1. The maximum atomic E-state index is 4.41. The van der Waals surface area contributed by atoms with E-state index in [0.29, 0.717) is 0 Å². The highest BCUT2D eigenvalue weighted by molar-refractivity contribution is 5.64. The normalized spacial score (nSPS) is 12.3. The third-order valence-electron chi connectivity index (χ3n) is 4.08. The molecule has 3 heterocycles. The van der Waals surface area contributed by atoms with Crippen molar-refractivity contribution >= 4 is 0 Å². The summed E-state index contributed by atoms with van der Waals surface area (Å²) in [6.45, 7) is 2.16. The second-order valence-electron chi connectivity index (χ2n) is 5.39. The smallest absolute Gasteiger partial charge is 0.214 e. The van der Waals surface area contributed by atoms with Crippen molar-refractivity contribution in [1.82, 2.24) is 9.55 Å². The van der Waals surface area contributed by atoms with Crippen molar-refractivity contribution in [3.05, 3.63) is 65.9 Å². The van der Waals surface area contributed by atoms with Crippen molar-refractivity contribution in [2.75, 3.05) is 0 Å². The summed E-state index contributed by atoms with van der Waals surface area (Å²) < 4.78 is 4.41. The first-order chi connectivity index (χ1) is 9.74. The van der Waals surface area contributed by atoms with Crippen molar-refractivity contribution in [2.24, 2.45) is 7.05 Å². The van der Waals surface area contributed by atoms with Gasteiger partial charge in [-0.2, -0.15) is 0 Å². The molecule has 0 N–H and O–H groups in total. The molecule has 0 saturated heterocycles. The van der Waals surface area contributed by atoms with Crippen molar-refractivity contribution in [2.45, 2.75) is 13.3 Å². The van der Waals surface area contributed by atoms with Gasteiger partial charge in [-0.05, 0) is 18.6 Å². The summed E-state index contributed by atoms with van der Waals surface area (Å²) >= 11 is 0. The van der Waals surface area contributed by atoms with Crippen LogP contribution < -0.4 is 4.57 Å². The Morgan fingerprint density at radius 3 is 2.95 bits per heavy atom. The van der Waals surface area contributed by atoms with Gasteiger partial charge in [0.2, 0.25) is 5.69 Å². The van der Waals surface area contributed by atoms with Gasteiger partial charge in [0.15, 0.2) is 6.20 Å². The molecular weight excluding hydrogens is 246 g/mol. The van der Waals surface area contributed by atoms with Gasteiger partial charge in [-0.1, -0.05) is 18.2 Å². The number of aromatic nitrogens is 3. The quantitative estimate of drug-likeness (QED) is 0.483. The Bertz CT molecular complexity index is 815. The first-order valence-electron chi connectivity index (χ1n) is 6.85. The maximum absolute atomic E-state index is 4.41.